The number of likely N-dealkylation sites (N-methyl/N-ethyl adjacent to an activating group) is 1. The van der Waals surface area contributed by atoms with Gasteiger partial charge in [0.15, 0.2) is 0 Å². The number of nitrogens with zero attached hydrogens (tertiary/aromatic N) is 4. The zero-order valence-electron chi connectivity index (χ0n) is 8.80. The van der Waals surface area contributed by atoms with Crippen molar-refractivity contribution in [3.63, 3.8) is 0 Å². The minimum absolute atomic E-state index is 0.620. The fourth-order valence-corrected chi connectivity index (χ4v) is 2.58. The lowest BCUT2D eigenvalue weighted by molar-refractivity contribution is 0.260. The minimum Gasteiger partial charge on any atom is -0.288 e. The minimum atomic E-state index is 0.620. The van der Waals surface area contributed by atoms with Crippen molar-refractivity contribution in [1.82, 2.24) is 19.8 Å². The second-order valence-electron chi connectivity index (χ2n) is 3.96. The molecule has 0 aliphatic carbocycles. The molecule has 0 amide bonds. The molecule has 0 saturated carbocycles. The summed E-state index contributed by atoms with van der Waals surface area (Å²) >= 11 is 3.54. The molecule has 5 heteroatoms. The van der Waals surface area contributed by atoms with Crippen LogP contribution in [0.2, 0.25) is 0 Å². The van der Waals surface area contributed by atoms with E-state index in [0.29, 0.717) is 6.04 Å². The fourth-order valence-electron chi connectivity index (χ4n) is 1.88. The van der Waals surface area contributed by atoms with Crippen molar-refractivity contribution in [1.29, 1.82) is 0 Å². The van der Waals surface area contributed by atoms with Crippen molar-refractivity contribution in [3.8, 4) is 0 Å². The number of hydrogen-bond acceptors (Lipinski definition) is 4. The van der Waals surface area contributed by atoms with Gasteiger partial charge in [0.25, 0.3) is 0 Å². The van der Waals surface area contributed by atoms with Crippen LogP contribution in [-0.4, -0.2) is 51.4 Å². The van der Waals surface area contributed by atoms with E-state index in [9.17, 15) is 0 Å². The third-order valence-corrected chi connectivity index (χ3v) is 3.46. The van der Waals surface area contributed by atoms with Crippen molar-refractivity contribution in [3.05, 3.63) is 24.3 Å². The molecular weight excluding hydrogens is 256 g/mol. The largest absolute Gasteiger partial charge is 0.288 e. The number of rotatable bonds is 3. The van der Waals surface area contributed by atoms with Crippen molar-refractivity contribution >= 4 is 15.9 Å². The maximum absolute atomic E-state index is 4.02. The van der Waals surface area contributed by atoms with Crippen LogP contribution in [0.4, 0.5) is 0 Å². The topological polar surface area (TPSA) is 32.3 Å². The Hall–Kier alpha value is -0.520. The van der Waals surface area contributed by atoms with Crippen LogP contribution in [0.1, 0.15) is 5.56 Å². The van der Waals surface area contributed by atoms with E-state index >= 15 is 0 Å². The van der Waals surface area contributed by atoms with Crippen LogP contribution in [0, 0.1) is 0 Å². The van der Waals surface area contributed by atoms with Crippen LogP contribution >= 0.6 is 15.9 Å². The van der Waals surface area contributed by atoms with Gasteiger partial charge >= 0.3 is 0 Å². The van der Waals surface area contributed by atoms with Crippen molar-refractivity contribution < 1.29 is 0 Å². The maximum Gasteiger partial charge on any atom is 0.115 e. The summed E-state index contributed by atoms with van der Waals surface area (Å²) in [4.78, 5) is 12.8. The third kappa shape index (κ3) is 2.74. The van der Waals surface area contributed by atoms with Crippen LogP contribution < -0.4 is 0 Å². The first-order valence-corrected chi connectivity index (χ1v) is 6.14. The molecule has 0 spiro atoms. The number of halogens is 1. The Morgan fingerprint density at radius 1 is 1.47 bits per heavy atom. The van der Waals surface area contributed by atoms with Gasteiger partial charge in [-0.3, -0.25) is 9.80 Å². The van der Waals surface area contributed by atoms with Gasteiger partial charge in [-0.05, 0) is 7.05 Å². The lowest BCUT2D eigenvalue weighted by Gasteiger charge is -2.14. The van der Waals surface area contributed by atoms with Crippen molar-refractivity contribution in [2.75, 3.05) is 25.6 Å². The fraction of sp³-hybridized carbons (Fsp3) is 0.600. The Morgan fingerprint density at radius 2 is 2.20 bits per heavy atom. The molecular formula is C10H15BrN4. The molecule has 82 valence electrons. The molecule has 0 bridgehead atoms. The van der Waals surface area contributed by atoms with Crippen LogP contribution in [0.5, 0.6) is 0 Å². The normalized spacial score (nSPS) is 23.5. The second-order valence-corrected chi connectivity index (χ2v) is 4.61. The summed E-state index contributed by atoms with van der Waals surface area (Å²) in [6.45, 7) is 3.07. The summed E-state index contributed by atoms with van der Waals surface area (Å²) < 4.78 is 0. The molecule has 1 aromatic rings. The molecule has 1 atom stereocenters. The average Bonchev–Trinajstić information content (AvgIpc) is 2.60. The van der Waals surface area contributed by atoms with Crippen LogP contribution in [-0.2, 0) is 6.54 Å². The Morgan fingerprint density at radius 3 is 2.80 bits per heavy atom. The lowest BCUT2D eigenvalue weighted by atomic mass is 10.3. The molecule has 0 aromatic carbocycles. The van der Waals surface area contributed by atoms with E-state index in [1.807, 2.05) is 12.4 Å². The lowest BCUT2D eigenvalue weighted by Crippen LogP contribution is -2.27. The van der Waals surface area contributed by atoms with E-state index in [1.165, 1.54) is 5.56 Å². The molecule has 2 rings (SSSR count). The molecule has 1 fully saturated rings. The van der Waals surface area contributed by atoms with Gasteiger partial charge in [-0.1, -0.05) is 15.9 Å². The number of aromatic nitrogens is 2. The van der Waals surface area contributed by atoms with E-state index in [4.69, 9.17) is 0 Å². The Kier molecular flexibility index (Phi) is 3.66. The van der Waals surface area contributed by atoms with Crippen molar-refractivity contribution in [2.45, 2.75) is 12.6 Å². The van der Waals surface area contributed by atoms with Gasteiger partial charge in [0.05, 0.1) is 6.67 Å². The van der Waals surface area contributed by atoms with Crippen LogP contribution in [0.3, 0.4) is 0 Å². The average molecular weight is 271 g/mol. The molecule has 15 heavy (non-hydrogen) atoms. The van der Waals surface area contributed by atoms with E-state index in [2.05, 4.69) is 42.7 Å². The summed E-state index contributed by atoms with van der Waals surface area (Å²) in [6, 6.07) is 0.620. The van der Waals surface area contributed by atoms with E-state index in [0.717, 1.165) is 25.1 Å². The first-order chi connectivity index (χ1) is 7.29. The summed E-state index contributed by atoms with van der Waals surface area (Å²) in [6.07, 6.45) is 5.34. The molecule has 1 unspecified atom stereocenters. The Balaban J connectivity index is 1.92. The van der Waals surface area contributed by atoms with Gasteiger partial charge < -0.3 is 0 Å². The van der Waals surface area contributed by atoms with Gasteiger partial charge in [-0.15, -0.1) is 0 Å². The monoisotopic (exact) mass is 270 g/mol. The van der Waals surface area contributed by atoms with Gasteiger partial charge in [0, 0.05) is 42.4 Å². The highest BCUT2D eigenvalue weighted by Crippen LogP contribution is 2.15. The standard InChI is InChI=1S/C10H15BrN4/c1-14-8-15(6-10(14)2-11)5-9-3-12-7-13-4-9/h3-4,7,10H,2,5-6,8H2,1H3. The van der Waals surface area contributed by atoms with Gasteiger partial charge in [0.2, 0.25) is 0 Å². The van der Waals surface area contributed by atoms with E-state index in [-0.39, 0.29) is 0 Å². The summed E-state index contributed by atoms with van der Waals surface area (Å²) in [7, 11) is 2.16. The van der Waals surface area contributed by atoms with Gasteiger partial charge in [0.1, 0.15) is 6.33 Å². The Bertz CT molecular complexity index is 306. The first kappa shape index (κ1) is 11.0. The number of hydrogen-bond donors (Lipinski definition) is 0. The summed E-state index contributed by atoms with van der Waals surface area (Å²) in [5, 5.41) is 1.03. The van der Waals surface area contributed by atoms with Crippen LogP contribution in [0.25, 0.3) is 0 Å². The highest BCUT2D eigenvalue weighted by Gasteiger charge is 2.26. The third-order valence-electron chi connectivity index (χ3n) is 2.71. The molecule has 4 nitrogen and oxygen atoms in total. The molecule has 0 N–H and O–H groups in total. The Labute approximate surface area is 98.4 Å². The first-order valence-electron chi connectivity index (χ1n) is 5.02. The van der Waals surface area contributed by atoms with Gasteiger partial charge in [-0.2, -0.15) is 0 Å². The molecule has 1 saturated heterocycles. The predicted molar refractivity (Wildman–Crippen MR) is 62.7 cm³/mol. The molecule has 0 radical (unpaired) electrons. The molecule has 2 heterocycles. The molecule has 1 aliphatic heterocycles. The quantitative estimate of drug-likeness (QED) is 0.766. The summed E-state index contributed by atoms with van der Waals surface area (Å²) in [5.41, 5.74) is 1.18. The smallest absolute Gasteiger partial charge is 0.115 e. The zero-order chi connectivity index (χ0) is 10.7. The molecule has 1 aromatic heterocycles. The predicted octanol–water partition coefficient (Wildman–Crippen LogP) is 0.945. The maximum atomic E-state index is 4.02. The highest BCUT2D eigenvalue weighted by atomic mass is 79.9. The molecule has 1 aliphatic rings. The van der Waals surface area contributed by atoms with Gasteiger partial charge in [-0.25, -0.2) is 9.97 Å². The highest BCUT2D eigenvalue weighted by molar-refractivity contribution is 9.09. The second kappa shape index (κ2) is 5.01. The zero-order valence-corrected chi connectivity index (χ0v) is 10.4. The SMILES string of the molecule is CN1CN(Cc2cncnc2)CC1CBr. The van der Waals surface area contributed by atoms with Crippen molar-refractivity contribution in [2.24, 2.45) is 0 Å². The van der Waals surface area contributed by atoms with E-state index in [1.54, 1.807) is 6.33 Å². The van der Waals surface area contributed by atoms with Crippen LogP contribution in [0.15, 0.2) is 18.7 Å². The summed E-state index contributed by atoms with van der Waals surface area (Å²) in [5.74, 6) is 0. The number of alkyl halides is 1. The van der Waals surface area contributed by atoms with E-state index < -0.39 is 0 Å².